The van der Waals surface area contributed by atoms with E-state index >= 15 is 0 Å². The fraction of sp³-hybridized carbons (Fsp3) is 0.312. The van der Waals surface area contributed by atoms with Gasteiger partial charge in [0.1, 0.15) is 10.4 Å². The number of carbonyl (C=O) groups excluding carboxylic acids is 1. The molecule has 1 aromatic heterocycles. The van der Waals surface area contributed by atoms with Gasteiger partial charge in [-0.15, -0.1) is 11.3 Å². The van der Waals surface area contributed by atoms with Crippen LogP contribution >= 0.6 is 11.3 Å². The molecule has 1 aliphatic rings. The summed E-state index contributed by atoms with van der Waals surface area (Å²) in [7, 11) is -2.07. The first-order valence-corrected chi connectivity index (χ1v) is 9.47. The number of carbonyl (C=O) groups is 1. The van der Waals surface area contributed by atoms with Gasteiger partial charge in [0.05, 0.1) is 6.54 Å². The van der Waals surface area contributed by atoms with Crippen molar-refractivity contribution in [2.45, 2.75) is 24.2 Å². The lowest BCUT2D eigenvalue weighted by atomic mass is 10.2. The van der Waals surface area contributed by atoms with Crippen LogP contribution in [0.3, 0.4) is 0 Å². The number of amides is 1. The monoisotopic (exact) mass is 350 g/mol. The highest BCUT2D eigenvalue weighted by molar-refractivity contribution is 7.91. The Morgan fingerprint density at radius 1 is 1.17 bits per heavy atom. The van der Waals surface area contributed by atoms with E-state index in [9.17, 15) is 13.2 Å². The summed E-state index contributed by atoms with van der Waals surface area (Å²) in [6.07, 6.45) is -0.601. The Morgan fingerprint density at radius 3 is 2.39 bits per heavy atom. The van der Waals surface area contributed by atoms with Gasteiger partial charge in [-0.1, -0.05) is 30.3 Å². The normalized spacial score (nSPS) is 19.5. The van der Waals surface area contributed by atoms with Crippen molar-refractivity contribution >= 4 is 27.3 Å². The Labute approximate surface area is 140 Å². The van der Waals surface area contributed by atoms with E-state index in [0.717, 1.165) is 16.0 Å². The Hall–Kier alpha value is -1.70. The molecule has 7 heteroatoms. The molecule has 0 aliphatic carbocycles. The largest absolute Gasteiger partial charge is 0.324 e. The molecule has 0 radical (unpaired) electrons. The minimum Gasteiger partial charge on any atom is -0.324 e. The van der Waals surface area contributed by atoms with Gasteiger partial charge in [-0.05, 0) is 31.0 Å². The Kier molecular flexibility index (Phi) is 4.03. The molecule has 1 aliphatic heterocycles. The minimum atomic E-state index is -3.71. The summed E-state index contributed by atoms with van der Waals surface area (Å²) in [6, 6.07) is 10.9. The van der Waals surface area contributed by atoms with Gasteiger partial charge in [-0.25, -0.2) is 8.42 Å². The number of hydrogen-bond donors (Lipinski definition) is 0. The van der Waals surface area contributed by atoms with Gasteiger partial charge in [0, 0.05) is 11.9 Å². The van der Waals surface area contributed by atoms with Crippen molar-refractivity contribution in [3.8, 4) is 0 Å². The molecule has 122 valence electrons. The molecule has 0 saturated carbocycles. The molecule has 1 amide bonds. The molecule has 23 heavy (non-hydrogen) atoms. The molecule has 5 nitrogen and oxygen atoms in total. The molecular formula is C16H18N2O3S2. The molecule has 1 aromatic carbocycles. The van der Waals surface area contributed by atoms with Crippen LogP contribution in [0.4, 0.5) is 0 Å². The third-order valence-corrected chi connectivity index (χ3v) is 7.53. The first-order valence-electron chi connectivity index (χ1n) is 7.22. The van der Waals surface area contributed by atoms with Crippen LogP contribution in [0, 0.1) is 13.8 Å². The zero-order chi connectivity index (χ0) is 16.8. The van der Waals surface area contributed by atoms with Crippen LogP contribution in [0.15, 0.2) is 40.6 Å². The molecule has 3 rings (SSSR count). The van der Waals surface area contributed by atoms with Crippen molar-refractivity contribution in [1.29, 1.82) is 0 Å². The molecule has 1 fully saturated rings. The first kappa shape index (κ1) is 16.2. The SMILES string of the molecule is Cc1cc(S(=O)(=O)N2CC(=O)N(C)C2c2ccccc2)sc1C. The van der Waals surface area contributed by atoms with Crippen LogP contribution in [0.1, 0.15) is 22.2 Å². The number of thiophene rings is 1. The number of benzene rings is 1. The summed E-state index contributed by atoms with van der Waals surface area (Å²) in [5, 5.41) is 0. The van der Waals surface area contributed by atoms with E-state index in [1.54, 1.807) is 13.1 Å². The summed E-state index contributed by atoms with van der Waals surface area (Å²) >= 11 is 1.25. The second kappa shape index (κ2) is 5.74. The van der Waals surface area contributed by atoms with Crippen LogP contribution in [0.25, 0.3) is 0 Å². The average Bonchev–Trinajstić information content (AvgIpc) is 3.02. The molecule has 2 aromatic rings. The summed E-state index contributed by atoms with van der Waals surface area (Å²) < 4.78 is 27.6. The number of likely N-dealkylation sites (N-methyl/N-ethyl adjacent to an activating group) is 1. The standard InChI is InChI=1S/C16H18N2O3S2/c1-11-9-15(22-12(11)2)23(20,21)18-10-14(19)17(3)16(18)13-7-5-4-6-8-13/h4-9,16H,10H2,1-3H3. The highest BCUT2D eigenvalue weighted by Gasteiger charge is 2.44. The minimum absolute atomic E-state index is 0.131. The Morgan fingerprint density at radius 2 is 1.83 bits per heavy atom. The van der Waals surface area contributed by atoms with Gasteiger partial charge in [-0.3, -0.25) is 4.79 Å². The summed E-state index contributed by atoms with van der Waals surface area (Å²) in [5.41, 5.74) is 1.73. The lowest BCUT2D eigenvalue weighted by molar-refractivity contribution is -0.126. The third kappa shape index (κ3) is 2.69. The van der Waals surface area contributed by atoms with Gasteiger partial charge < -0.3 is 4.90 Å². The Balaban J connectivity index is 2.07. The zero-order valence-electron chi connectivity index (χ0n) is 13.2. The van der Waals surface area contributed by atoms with E-state index in [1.807, 2.05) is 44.2 Å². The average molecular weight is 350 g/mol. The van der Waals surface area contributed by atoms with Gasteiger partial charge in [0.25, 0.3) is 10.0 Å². The summed E-state index contributed by atoms with van der Waals surface area (Å²) in [6.45, 7) is 3.66. The van der Waals surface area contributed by atoms with E-state index < -0.39 is 16.2 Å². The number of hydrogen-bond acceptors (Lipinski definition) is 4. The molecule has 0 bridgehead atoms. The highest BCUT2D eigenvalue weighted by atomic mass is 32.2. The number of sulfonamides is 1. The van der Waals surface area contributed by atoms with E-state index in [1.165, 1.54) is 20.5 Å². The molecule has 2 heterocycles. The first-order chi connectivity index (χ1) is 10.8. The maximum atomic E-state index is 13.0. The number of rotatable bonds is 3. The van der Waals surface area contributed by atoms with Crippen LogP contribution in [0.2, 0.25) is 0 Å². The van der Waals surface area contributed by atoms with Gasteiger partial charge in [0.15, 0.2) is 0 Å². The molecule has 1 saturated heterocycles. The second-order valence-electron chi connectivity index (χ2n) is 5.64. The molecule has 0 N–H and O–H groups in total. The number of aryl methyl sites for hydroxylation is 2. The van der Waals surface area contributed by atoms with E-state index in [4.69, 9.17) is 0 Å². The maximum absolute atomic E-state index is 13.0. The van der Waals surface area contributed by atoms with E-state index in [2.05, 4.69) is 0 Å². The lowest BCUT2D eigenvalue weighted by Gasteiger charge is -2.27. The van der Waals surface area contributed by atoms with E-state index in [-0.39, 0.29) is 16.7 Å². The van der Waals surface area contributed by atoms with Crippen molar-refractivity contribution < 1.29 is 13.2 Å². The quantitative estimate of drug-likeness (QED) is 0.855. The van der Waals surface area contributed by atoms with Crippen molar-refractivity contribution in [3.05, 3.63) is 52.4 Å². The lowest BCUT2D eigenvalue weighted by Crippen LogP contribution is -2.33. The fourth-order valence-electron chi connectivity index (χ4n) is 2.67. The van der Waals surface area contributed by atoms with Crippen molar-refractivity contribution in [3.63, 3.8) is 0 Å². The molecule has 1 unspecified atom stereocenters. The number of nitrogens with zero attached hydrogens (tertiary/aromatic N) is 2. The van der Waals surface area contributed by atoms with Crippen molar-refractivity contribution in [2.75, 3.05) is 13.6 Å². The van der Waals surface area contributed by atoms with Gasteiger partial charge in [0.2, 0.25) is 5.91 Å². The van der Waals surface area contributed by atoms with Gasteiger partial charge >= 0.3 is 0 Å². The predicted octanol–water partition coefficient (Wildman–Crippen LogP) is 2.53. The summed E-state index contributed by atoms with van der Waals surface area (Å²) in [4.78, 5) is 14.6. The fourth-order valence-corrected chi connectivity index (χ4v) is 5.88. The van der Waals surface area contributed by atoms with Crippen LogP contribution in [-0.4, -0.2) is 37.1 Å². The van der Waals surface area contributed by atoms with Crippen LogP contribution < -0.4 is 0 Å². The zero-order valence-corrected chi connectivity index (χ0v) is 14.8. The van der Waals surface area contributed by atoms with Gasteiger partial charge in [-0.2, -0.15) is 4.31 Å². The maximum Gasteiger partial charge on any atom is 0.255 e. The predicted molar refractivity (Wildman–Crippen MR) is 89.6 cm³/mol. The van der Waals surface area contributed by atoms with Crippen molar-refractivity contribution in [2.24, 2.45) is 0 Å². The highest BCUT2D eigenvalue weighted by Crippen LogP contribution is 2.37. The molecule has 0 spiro atoms. The third-order valence-electron chi connectivity index (χ3n) is 4.13. The van der Waals surface area contributed by atoms with Crippen molar-refractivity contribution in [1.82, 2.24) is 9.21 Å². The molecular weight excluding hydrogens is 332 g/mol. The molecule has 1 atom stereocenters. The Bertz CT molecular complexity index is 824. The van der Waals surface area contributed by atoms with E-state index in [0.29, 0.717) is 0 Å². The summed E-state index contributed by atoms with van der Waals surface area (Å²) in [5.74, 6) is -0.201. The smallest absolute Gasteiger partial charge is 0.255 e. The van der Waals surface area contributed by atoms with Crippen LogP contribution in [-0.2, 0) is 14.8 Å². The second-order valence-corrected chi connectivity index (χ2v) is 9.02. The topological polar surface area (TPSA) is 57.7 Å². The van der Waals surface area contributed by atoms with Crippen LogP contribution in [0.5, 0.6) is 0 Å².